The van der Waals surface area contributed by atoms with E-state index in [1.807, 2.05) is 26.0 Å². The number of benzene rings is 1. The van der Waals surface area contributed by atoms with Gasteiger partial charge in [0.2, 0.25) is 0 Å². The van der Waals surface area contributed by atoms with Gasteiger partial charge in [-0.2, -0.15) is 0 Å². The first kappa shape index (κ1) is 16.1. The molecule has 3 N–H and O–H groups in total. The van der Waals surface area contributed by atoms with Crippen molar-refractivity contribution in [3.05, 3.63) is 33.3 Å². The highest BCUT2D eigenvalue weighted by Crippen LogP contribution is 2.27. The molecule has 106 valence electrons. The topological polar surface area (TPSA) is 72.6 Å². The first-order chi connectivity index (χ1) is 8.61. The van der Waals surface area contributed by atoms with Crippen LogP contribution in [0.2, 0.25) is 0 Å². The number of amides is 1. The van der Waals surface area contributed by atoms with Gasteiger partial charge in [-0.3, -0.25) is 4.79 Å². The van der Waals surface area contributed by atoms with Gasteiger partial charge in [0.05, 0.1) is 12.2 Å². The maximum absolute atomic E-state index is 11.5. The summed E-state index contributed by atoms with van der Waals surface area (Å²) in [5.41, 5.74) is 7.09. The normalized spacial score (nSPS) is 13.4. The Morgan fingerprint density at radius 2 is 1.89 bits per heavy atom. The van der Waals surface area contributed by atoms with Crippen molar-refractivity contribution in [1.82, 2.24) is 0 Å². The van der Waals surface area contributed by atoms with Crippen LogP contribution in [0.5, 0.6) is 0 Å². The molecule has 0 heterocycles. The fourth-order valence-corrected chi connectivity index (χ4v) is 1.99. The first-order valence-electron chi connectivity index (χ1n) is 6.02. The maximum atomic E-state index is 11.5. The third kappa shape index (κ3) is 4.60. The molecule has 1 aromatic carbocycles. The number of carbonyl (C=O) groups excluding carboxylic acids is 1. The number of primary amides is 1. The van der Waals surface area contributed by atoms with Crippen LogP contribution < -0.4 is 5.73 Å². The van der Waals surface area contributed by atoms with E-state index in [1.165, 1.54) is 0 Å². The van der Waals surface area contributed by atoms with Gasteiger partial charge in [0.25, 0.3) is 5.91 Å². The van der Waals surface area contributed by atoms with Crippen molar-refractivity contribution in [3.63, 3.8) is 0 Å². The molecule has 1 atom stereocenters. The Bertz CT molecular complexity index is 457. The number of hydrogen-bond donors (Lipinski definition) is 2. The van der Waals surface area contributed by atoms with E-state index in [4.69, 9.17) is 10.5 Å². The molecule has 0 saturated heterocycles. The zero-order valence-electron chi connectivity index (χ0n) is 11.7. The molecule has 0 bridgehead atoms. The largest absolute Gasteiger partial charge is 0.388 e. The third-order valence-corrected chi connectivity index (χ3v) is 3.87. The van der Waals surface area contributed by atoms with Gasteiger partial charge in [0.15, 0.2) is 6.10 Å². The van der Waals surface area contributed by atoms with Crippen LogP contribution in [0.25, 0.3) is 0 Å². The van der Waals surface area contributed by atoms with Crippen molar-refractivity contribution >= 4 is 21.8 Å². The van der Waals surface area contributed by atoms with Crippen molar-refractivity contribution in [2.75, 3.05) is 6.61 Å². The average Bonchev–Trinajstić information content (AvgIpc) is 2.23. The fourth-order valence-electron chi connectivity index (χ4n) is 1.76. The van der Waals surface area contributed by atoms with E-state index >= 15 is 0 Å². The highest BCUT2D eigenvalue weighted by Gasteiger charge is 2.23. The van der Waals surface area contributed by atoms with Crippen molar-refractivity contribution < 1.29 is 14.6 Å². The Hall–Kier alpha value is -0.910. The smallest absolute Gasteiger partial charge is 0.251 e. The Kier molecular flexibility index (Phi) is 5.12. The first-order valence-corrected chi connectivity index (χ1v) is 6.81. The van der Waals surface area contributed by atoms with E-state index in [2.05, 4.69) is 15.9 Å². The molecule has 1 aromatic rings. The van der Waals surface area contributed by atoms with Crippen molar-refractivity contribution in [2.24, 2.45) is 5.73 Å². The molecule has 1 amide bonds. The molecule has 0 aliphatic rings. The minimum absolute atomic E-state index is 0.0365. The quantitative estimate of drug-likeness (QED) is 0.871. The van der Waals surface area contributed by atoms with Gasteiger partial charge in [-0.25, -0.2) is 0 Å². The molecule has 1 unspecified atom stereocenters. The summed E-state index contributed by atoms with van der Waals surface area (Å²) in [4.78, 5) is 11.5. The van der Waals surface area contributed by atoms with Gasteiger partial charge >= 0.3 is 0 Å². The zero-order valence-corrected chi connectivity index (χ0v) is 13.2. The van der Waals surface area contributed by atoms with E-state index in [0.29, 0.717) is 5.56 Å². The van der Waals surface area contributed by atoms with Crippen LogP contribution in [-0.4, -0.2) is 23.2 Å². The summed E-state index contributed by atoms with van der Waals surface area (Å²) >= 11 is 3.47. The lowest BCUT2D eigenvalue weighted by Crippen LogP contribution is -2.31. The molecule has 0 aliphatic heterocycles. The van der Waals surface area contributed by atoms with E-state index in [0.717, 1.165) is 15.6 Å². The second-order valence-electron chi connectivity index (χ2n) is 5.37. The monoisotopic (exact) mass is 329 g/mol. The van der Waals surface area contributed by atoms with Crippen LogP contribution in [0.4, 0.5) is 0 Å². The second kappa shape index (κ2) is 6.03. The summed E-state index contributed by atoms with van der Waals surface area (Å²) in [6.07, 6.45) is -0.850. The van der Waals surface area contributed by atoms with Gasteiger partial charge in [0.1, 0.15) is 0 Å². The highest BCUT2D eigenvalue weighted by atomic mass is 79.9. The molecule has 0 saturated carbocycles. The molecule has 19 heavy (non-hydrogen) atoms. The number of rotatable bonds is 5. The van der Waals surface area contributed by atoms with E-state index in [-0.39, 0.29) is 6.61 Å². The highest BCUT2D eigenvalue weighted by molar-refractivity contribution is 9.10. The Labute approximate surface area is 122 Å². The number of ether oxygens (including phenoxy) is 1. The van der Waals surface area contributed by atoms with Crippen LogP contribution in [0.3, 0.4) is 0 Å². The summed E-state index contributed by atoms with van der Waals surface area (Å²) in [6.45, 7) is 7.14. The summed E-state index contributed by atoms with van der Waals surface area (Å²) in [6, 6.07) is 3.72. The molecule has 4 nitrogen and oxygen atoms in total. The number of aryl methyl sites for hydroxylation is 2. The number of aliphatic hydroxyl groups is 1. The minimum Gasteiger partial charge on any atom is -0.388 e. The Morgan fingerprint density at radius 1 is 1.42 bits per heavy atom. The molecule has 0 aliphatic carbocycles. The van der Waals surface area contributed by atoms with Crippen molar-refractivity contribution in [3.8, 4) is 0 Å². The summed E-state index contributed by atoms with van der Waals surface area (Å²) < 4.78 is 6.47. The minimum atomic E-state index is -1.01. The molecular weight excluding hydrogens is 310 g/mol. The number of nitrogens with two attached hydrogens (primary N) is 1. The maximum Gasteiger partial charge on any atom is 0.251 e. The lowest BCUT2D eigenvalue weighted by atomic mass is 10.0. The predicted octanol–water partition coefficient (Wildman–Crippen LogP) is 2.38. The SMILES string of the molecule is Cc1cc(C(OCC(C)(C)O)C(N)=O)cc(C)c1Br. The van der Waals surface area contributed by atoms with Crippen molar-refractivity contribution in [1.29, 1.82) is 0 Å². The van der Waals surface area contributed by atoms with Crippen molar-refractivity contribution in [2.45, 2.75) is 39.4 Å². The summed E-state index contributed by atoms with van der Waals surface area (Å²) in [5, 5.41) is 9.66. The van der Waals surface area contributed by atoms with Crippen LogP contribution in [-0.2, 0) is 9.53 Å². The molecule has 0 aromatic heterocycles. The molecule has 0 radical (unpaired) electrons. The Morgan fingerprint density at radius 3 is 2.26 bits per heavy atom. The number of carbonyl (C=O) groups is 1. The van der Waals surface area contributed by atoms with Gasteiger partial charge in [0, 0.05) is 4.47 Å². The molecular formula is C14H20BrNO3. The zero-order chi connectivity index (χ0) is 14.8. The predicted molar refractivity (Wildman–Crippen MR) is 77.8 cm³/mol. The number of halogens is 1. The van der Waals surface area contributed by atoms with Gasteiger partial charge in [-0.05, 0) is 44.4 Å². The summed E-state index contributed by atoms with van der Waals surface area (Å²) in [5.74, 6) is -0.564. The summed E-state index contributed by atoms with van der Waals surface area (Å²) in [7, 11) is 0. The molecule has 1 rings (SSSR count). The lowest BCUT2D eigenvalue weighted by Gasteiger charge is -2.22. The van der Waals surface area contributed by atoms with Gasteiger partial charge in [-0.15, -0.1) is 0 Å². The molecule has 0 spiro atoms. The number of hydrogen-bond acceptors (Lipinski definition) is 3. The molecule has 5 heteroatoms. The standard InChI is InChI=1S/C14H20BrNO3/c1-8-5-10(6-9(2)11(8)15)12(13(16)17)19-7-14(3,4)18/h5-6,12,18H,7H2,1-4H3,(H2,16,17). The van der Waals surface area contributed by atoms with E-state index in [9.17, 15) is 9.90 Å². The lowest BCUT2D eigenvalue weighted by molar-refractivity contribution is -0.134. The average molecular weight is 330 g/mol. The van der Waals surface area contributed by atoms with Crippen LogP contribution in [0.1, 0.15) is 36.6 Å². The van der Waals surface area contributed by atoms with Gasteiger partial charge in [-0.1, -0.05) is 28.1 Å². The van der Waals surface area contributed by atoms with Crippen LogP contribution >= 0.6 is 15.9 Å². The van der Waals surface area contributed by atoms with Crippen LogP contribution in [0.15, 0.2) is 16.6 Å². The third-order valence-electron chi connectivity index (χ3n) is 2.62. The van der Waals surface area contributed by atoms with Crippen LogP contribution in [0, 0.1) is 13.8 Å². The van der Waals surface area contributed by atoms with Gasteiger partial charge < -0.3 is 15.6 Å². The molecule has 0 fully saturated rings. The van der Waals surface area contributed by atoms with E-state index < -0.39 is 17.6 Å². The van der Waals surface area contributed by atoms with E-state index in [1.54, 1.807) is 13.8 Å². The fraction of sp³-hybridized carbons (Fsp3) is 0.500. The Balaban J connectivity index is 3.03. The second-order valence-corrected chi connectivity index (χ2v) is 6.17.